The van der Waals surface area contributed by atoms with Gasteiger partial charge in [0, 0.05) is 10.9 Å². The minimum absolute atomic E-state index is 0.123. The molecule has 1 fully saturated rings. The van der Waals surface area contributed by atoms with Crippen LogP contribution < -0.4 is 5.32 Å². The van der Waals surface area contributed by atoms with Gasteiger partial charge < -0.3 is 10.4 Å². The lowest BCUT2D eigenvalue weighted by Gasteiger charge is -2.03. The summed E-state index contributed by atoms with van der Waals surface area (Å²) in [6.07, 6.45) is 0.731. The summed E-state index contributed by atoms with van der Waals surface area (Å²) < 4.78 is 0. The summed E-state index contributed by atoms with van der Waals surface area (Å²) in [5, 5.41) is 11.5. The van der Waals surface area contributed by atoms with E-state index in [9.17, 15) is 9.59 Å². The van der Waals surface area contributed by atoms with Crippen molar-refractivity contribution < 1.29 is 14.7 Å². The summed E-state index contributed by atoms with van der Waals surface area (Å²) in [7, 11) is 0. The van der Waals surface area contributed by atoms with Crippen molar-refractivity contribution in [3.63, 3.8) is 0 Å². The lowest BCUT2D eigenvalue weighted by atomic mass is 10.1. The van der Waals surface area contributed by atoms with Crippen molar-refractivity contribution in [3.8, 4) is 0 Å². The molecular formula is C12H12ClNO3. The average molecular weight is 254 g/mol. The molecule has 1 aromatic rings. The van der Waals surface area contributed by atoms with Gasteiger partial charge in [-0.3, -0.25) is 9.59 Å². The van der Waals surface area contributed by atoms with Crippen molar-refractivity contribution >= 4 is 23.5 Å². The van der Waals surface area contributed by atoms with Crippen LogP contribution in [0.1, 0.15) is 17.9 Å². The molecule has 2 atom stereocenters. The van der Waals surface area contributed by atoms with Crippen molar-refractivity contribution in [1.82, 2.24) is 5.32 Å². The van der Waals surface area contributed by atoms with E-state index in [1.54, 1.807) is 6.07 Å². The summed E-state index contributed by atoms with van der Waals surface area (Å²) in [5.74, 6) is -1.27. The summed E-state index contributed by atoms with van der Waals surface area (Å²) in [4.78, 5) is 21.9. The molecular weight excluding hydrogens is 242 g/mol. The Labute approximate surface area is 104 Å². The molecule has 0 aromatic heterocycles. The first-order valence-electron chi connectivity index (χ1n) is 5.33. The van der Waals surface area contributed by atoms with Crippen LogP contribution in [0.2, 0.25) is 5.02 Å². The minimum atomic E-state index is -1.03. The number of carboxylic acids is 1. The number of carbonyl (C=O) groups is 2. The van der Waals surface area contributed by atoms with Crippen LogP contribution in [0.3, 0.4) is 0 Å². The highest BCUT2D eigenvalue weighted by atomic mass is 35.5. The zero-order valence-corrected chi connectivity index (χ0v) is 9.78. The average Bonchev–Trinajstić information content (AvgIpc) is 3.06. The van der Waals surface area contributed by atoms with E-state index >= 15 is 0 Å². The molecule has 90 valence electrons. The third-order valence-corrected chi connectivity index (χ3v) is 3.19. The van der Waals surface area contributed by atoms with E-state index in [-0.39, 0.29) is 24.3 Å². The van der Waals surface area contributed by atoms with Crippen LogP contribution in [0.15, 0.2) is 24.3 Å². The molecule has 1 aliphatic rings. The van der Waals surface area contributed by atoms with Crippen molar-refractivity contribution in [2.45, 2.75) is 12.3 Å². The van der Waals surface area contributed by atoms with E-state index in [2.05, 4.69) is 5.32 Å². The molecule has 1 aromatic carbocycles. The SMILES string of the molecule is O=C(O)CNC(=O)[C@@H]1C[C@@H]1c1ccccc1Cl. The number of carboxylic acid groups (broad SMARTS) is 1. The maximum atomic E-state index is 11.6. The molecule has 0 saturated heterocycles. The molecule has 0 bridgehead atoms. The lowest BCUT2D eigenvalue weighted by molar-refractivity contribution is -0.138. The van der Waals surface area contributed by atoms with E-state index in [1.807, 2.05) is 18.2 Å². The Morgan fingerprint density at radius 3 is 2.76 bits per heavy atom. The van der Waals surface area contributed by atoms with Gasteiger partial charge in [0.2, 0.25) is 5.91 Å². The lowest BCUT2D eigenvalue weighted by Crippen LogP contribution is -2.30. The molecule has 17 heavy (non-hydrogen) atoms. The van der Waals surface area contributed by atoms with Gasteiger partial charge in [0.25, 0.3) is 0 Å². The molecule has 0 aliphatic heterocycles. The van der Waals surface area contributed by atoms with Crippen molar-refractivity contribution in [1.29, 1.82) is 0 Å². The third kappa shape index (κ3) is 2.77. The zero-order valence-electron chi connectivity index (χ0n) is 9.02. The van der Waals surface area contributed by atoms with Crippen molar-refractivity contribution in [2.75, 3.05) is 6.54 Å². The van der Waals surface area contributed by atoms with Crippen LogP contribution in [0.4, 0.5) is 0 Å². The second-order valence-electron chi connectivity index (χ2n) is 4.08. The number of hydrogen-bond donors (Lipinski definition) is 2. The normalized spacial score (nSPS) is 21.9. The van der Waals surface area contributed by atoms with Crippen molar-refractivity contribution in [2.24, 2.45) is 5.92 Å². The van der Waals surface area contributed by atoms with Gasteiger partial charge in [-0.2, -0.15) is 0 Å². The van der Waals surface area contributed by atoms with Gasteiger partial charge in [-0.05, 0) is 24.0 Å². The Balaban J connectivity index is 1.94. The number of rotatable bonds is 4. The first-order chi connectivity index (χ1) is 8.09. The minimum Gasteiger partial charge on any atom is -0.480 e. The number of aliphatic carboxylic acids is 1. The van der Waals surface area contributed by atoms with E-state index in [0.717, 1.165) is 12.0 Å². The molecule has 2 rings (SSSR count). The fourth-order valence-corrected chi connectivity index (χ4v) is 2.17. The molecule has 1 amide bonds. The second-order valence-corrected chi connectivity index (χ2v) is 4.49. The van der Waals surface area contributed by atoms with Crippen LogP contribution in [-0.2, 0) is 9.59 Å². The molecule has 2 N–H and O–H groups in total. The smallest absolute Gasteiger partial charge is 0.322 e. The Morgan fingerprint density at radius 2 is 2.12 bits per heavy atom. The molecule has 1 aliphatic carbocycles. The van der Waals surface area contributed by atoms with Gasteiger partial charge in [0.05, 0.1) is 0 Å². The van der Waals surface area contributed by atoms with Gasteiger partial charge in [-0.1, -0.05) is 29.8 Å². The summed E-state index contributed by atoms with van der Waals surface area (Å²) >= 11 is 6.03. The summed E-state index contributed by atoms with van der Waals surface area (Å²) in [5.41, 5.74) is 0.963. The molecule has 0 unspecified atom stereocenters. The molecule has 0 spiro atoms. The first-order valence-corrected chi connectivity index (χ1v) is 5.71. The van der Waals surface area contributed by atoms with Gasteiger partial charge in [-0.25, -0.2) is 0 Å². The second kappa shape index (κ2) is 4.75. The predicted molar refractivity (Wildman–Crippen MR) is 62.9 cm³/mol. The summed E-state index contributed by atoms with van der Waals surface area (Å²) in [6, 6.07) is 7.42. The topological polar surface area (TPSA) is 66.4 Å². The van der Waals surface area contributed by atoms with E-state index in [4.69, 9.17) is 16.7 Å². The monoisotopic (exact) mass is 253 g/mol. The highest BCUT2D eigenvalue weighted by Crippen LogP contribution is 2.49. The zero-order chi connectivity index (χ0) is 12.4. The van der Waals surface area contributed by atoms with Crippen LogP contribution in [0.5, 0.6) is 0 Å². The molecule has 0 radical (unpaired) electrons. The van der Waals surface area contributed by atoms with Crippen LogP contribution in [-0.4, -0.2) is 23.5 Å². The largest absolute Gasteiger partial charge is 0.480 e. The number of carbonyl (C=O) groups excluding carboxylic acids is 1. The number of hydrogen-bond acceptors (Lipinski definition) is 2. The quantitative estimate of drug-likeness (QED) is 0.857. The maximum Gasteiger partial charge on any atom is 0.322 e. The highest BCUT2D eigenvalue weighted by molar-refractivity contribution is 6.31. The van der Waals surface area contributed by atoms with Crippen molar-refractivity contribution in [3.05, 3.63) is 34.9 Å². The Bertz CT molecular complexity index is 461. The van der Waals surface area contributed by atoms with Gasteiger partial charge in [0.1, 0.15) is 6.54 Å². The first kappa shape index (κ1) is 11.9. The van der Waals surface area contributed by atoms with Crippen LogP contribution in [0.25, 0.3) is 0 Å². The van der Waals surface area contributed by atoms with E-state index in [1.165, 1.54) is 0 Å². The Kier molecular flexibility index (Phi) is 3.33. The summed E-state index contributed by atoms with van der Waals surface area (Å²) in [6.45, 7) is -0.329. The Hall–Kier alpha value is -1.55. The molecule has 4 nitrogen and oxygen atoms in total. The molecule has 1 saturated carbocycles. The highest BCUT2D eigenvalue weighted by Gasteiger charge is 2.44. The Morgan fingerprint density at radius 1 is 1.41 bits per heavy atom. The molecule has 0 heterocycles. The maximum absolute atomic E-state index is 11.6. The number of amides is 1. The van der Waals surface area contributed by atoms with E-state index in [0.29, 0.717) is 5.02 Å². The van der Waals surface area contributed by atoms with Gasteiger partial charge in [-0.15, -0.1) is 0 Å². The van der Waals surface area contributed by atoms with Gasteiger partial charge >= 0.3 is 5.97 Å². The van der Waals surface area contributed by atoms with E-state index < -0.39 is 5.97 Å². The number of nitrogens with one attached hydrogen (secondary N) is 1. The third-order valence-electron chi connectivity index (χ3n) is 2.85. The standard InChI is InChI=1S/C12H12ClNO3/c13-10-4-2-1-3-7(10)8-5-9(8)12(17)14-6-11(15)16/h1-4,8-9H,5-6H2,(H,14,17)(H,15,16)/t8-,9-/m1/s1. The fraction of sp³-hybridized carbons (Fsp3) is 0.333. The fourth-order valence-electron chi connectivity index (χ4n) is 1.90. The van der Waals surface area contributed by atoms with Gasteiger partial charge in [0.15, 0.2) is 0 Å². The van der Waals surface area contributed by atoms with Crippen LogP contribution in [0, 0.1) is 5.92 Å². The van der Waals surface area contributed by atoms with Crippen LogP contribution >= 0.6 is 11.6 Å². The number of benzene rings is 1. The number of halogens is 1. The predicted octanol–water partition coefficient (Wildman–Crippen LogP) is 1.64. The molecule has 5 heteroatoms.